The maximum atomic E-state index is 11.8. The summed E-state index contributed by atoms with van der Waals surface area (Å²) in [5.41, 5.74) is 0.901. The van der Waals surface area contributed by atoms with Crippen LogP contribution in [0.2, 0.25) is 0 Å². The fraction of sp³-hybridized carbons (Fsp3) is 0.385. The van der Waals surface area contributed by atoms with E-state index in [1.54, 1.807) is 0 Å². The van der Waals surface area contributed by atoms with E-state index in [-0.39, 0.29) is 19.8 Å². The number of ether oxygens (including phenoxy) is 2. The second-order valence-electron chi connectivity index (χ2n) is 4.15. The Hall–Kier alpha value is -1.39. The lowest BCUT2D eigenvalue weighted by atomic mass is 9.98. The highest BCUT2D eigenvalue weighted by molar-refractivity contribution is 6.64. The van der Waals surface area contributed by atoms with E-state index in [2.05, 4.69) is 0 Å². The summed E-state index contributed by atoms with van der Waals surface area (Å²) in [5, 5.41) is -0.547. The van der Waals surface area contributed by atoms with Crippen molar-refractivity contribution in [3.8, 4) is 0 Å². The second kappa shape index (κ2) is 5.98. The van der Waals surface area contributed by atoms with Crippen molar-refractivity contribution in [2.24, 2.45) is 11.8 Å². The lowest BCUT2D eigenvalue weighted by Gasteiger charge is -2.13. The molecule has 1 heterocycles. The van der Waals surface area contributed by atoms with E-state index in [1.807, 2.05) is 30.3 Å². The fourth-order valence-corrected chi connectivity index (χ4v) is 2.06. The van der Waals surface area contributed by atoms with Crippen LogP contribution in [0.4, 0.5) is 0 Å². The van der Waals surface area contributed by atoms with Gasteiger partial charge in [0.1, 0.15) is 6.61 Å². The Balaban J connectivity index is 1.90. The Morgan fingerprint density at radius 3 is 2.56 bits per heavy atom. The predicted octanol–water partition coefficient (Wildman–Crippen LogP) is 1.76. The molecule has 2 rings (SSSR count). The van der Waals surface area contributed by atoms with Gasteiger partial charge in [0.2, 0.25) is 5.24 Å². The van der Waals surface area contributed by atoms with Gasteiger partial charge in [0.15, 0.2) is 0 Å². The summed E-state index contributed by atoms with van der Waals surface area (Å²) in [6.07, 6.45) is 0. The maximum absolute atomic E-state index is 11.8. The highest BCUT2D eigenvalue weighted by Gasteiger charge is 2.39. The Labute approximate surface area is 110 Å². The van der Waals surface area contributed by atoms with Crippen LogP contribution in [0.3, 0.4) is 0 Å². The molecule has 2 atom stereocenters. The highest BCUT2D eigenvalue weighted by atomic mass is 35.5. The lowest BCUT2D eigenvalue weighted by Crippen LogP contribution is -2.28. The van der Waals surface area contributed by atoms with Crippen molar-refractivity contribution in [3.05, 3.63) is 35.9 Å². The molecule has 0 aliphatic carbocycles. The molecule has 0 bridgehead atoms. The molecule has 0 aromatic heterocycles. The monoisotopic (exact) mass is 268 g/mol. The molecule has 96 valence electrons. The maximum Gasteiger partial charge on any atom is 0.312 e. The molecule has 1 fully saturated rings. The van der Waals surface area contributed by atoms with Crippen molar-refractivity contribution in [1.82, 2.24) is 0 Å². The molecule has 0 N–H and O–H groups in total. The van der Waals surface area contributed by atoms with Gasteiger partial charge in [-0.2, -0.15) is 0 Å². The van der Waals surface area contributed by atoms with Crippen LogP contribution < -0.4 is 0 Å². The number of esters is 1. The van der Waals surface area contributed by atoms with Crippen molar-refractivity contribution in [1.29, 1.82) is 0 Å². The number of carbonyl (C=O) groups excluding carboxylic acids is 2. The average molecular weight is 269 g/mol. The third-order valence-corrected chi connectivity index (χ3v) is 3.18. The minimum Gasteiger partial charge on any atom is -0.461 e. The number of hydrogen-bond acceptors (Lipinski definition) is 4. The van der Waals surface area contributed by atoms with Crippen molar-refractivity contribution >= 4 is 22.8 Å². The van der Waals surface area contributed by atoms with Crippen LogP contribution in [0.5, 0.6) is 0 Å². The van der Waals surface area contributed by atoms with Gasteiger partial charge in [-0.05, 0) is 17.2 Å². The molecule has 1 saturated heterocycles. The van der Waals surface area contributed by atoms with Gasteiger partial charge in [-0.1, -0.05) is 30.3 Å². The van der Waals surface area contributed by atoms with Gasteiger partial charge >= 0.3 is 5.97 Å². The number of hydrogen-bond donors (Lipinski definition) is 0. The van der Waals surface area contributed by atoms with E-state index < -0.39 is 23.0 Å². The Bertz CT molecular complexity index is 432. The minimum absolute atomic E-state index is 0.188. The van der Waals surface area contributed by atoms with E-state index in [1.165, 1.54) is 0 Å². The lowest BCUT2D eigenvalue weighted by molar-refractivity contribution is -0.152. The van der Waals surface area contributed by atoms with Gasteiger partial charge < -0.3 is 9.47 Å². The van der Waals surface area contributed by atoms with Gasteiger partial charge in [-0.15, -0.1) is 0 Å². The summed E-state index contributed by atoms with van der Waals surface area (Å²) < 4.78 is 10.3. The highest BCUT2D eigenvalue weighted by Crippen LogP contribution is 2.24. The van der Waals surface area contributed by atoms with Crippen LogP contribution in [0.15, 0.2) is 30.3 Å². The molecular formula is C13H13ClO4. The molecule has 1 aromatic carbocycles. The normalized spacial score (nSPS) is 22.7. The van der Waals surface area contributed by atoms with Crippen LogP contribution in [0.1, 0.15) is 5.56 Å². The van der Waals surface area contributed by atoms with E-state index >= 15 is 0 Å². The Morgan fingerprint density at radius 2 is 1.89 bits per heavy atom. The van der Waals surface area contributed by atoms with Crippen LogP contribution in [0, 0.1) is 11.8 Å². The molecule has 5 heteroatoms. The van der Waals surface area contributed by atoms with Crippen molar-refractivity contribution in [2.75, 3.05) is 13.2 Å². The van der Waals surface area contributed by atoms with Crippen LogP contribution in [0.25, 0.3) is 0 Å². The van der Waals surface area contributed by atoms with Crippen LogP contribution in [-0.2, 0) is 25.7 Å². The standard InChI is InChI=1S/C13H13ClO4/c14-12(15)10-7-17-8-11(10)13(16)18-6-9-4-2-1-3-5-9/h1-5,10-11H,6-8H2/t10-,11+/m1/s1. The molecular weight excluding hydrogens is 256 g/mol. The molecule has 1 aromatic rings. The van der Waals surface area contributed by atoms with Crippen molar-refractivity contribution < 1.29 is 19.1 Å². The fourth-order valence-electron chi connectivity index (χ4n) is 1.85. The van der Waals surface area contributed by atoms with Gasteiger partial charge in [0.25, 0.3) is 0 Å². The van der Waals surface area contributed by atoms with Gasteiger partial charge in [-0.3, -0.25) is 9.59 Å². The molecule has 0 amide bonds. The Morgan fingerprint density at radius 1 is 1.22 bits per heavy atom. The van der Waals surface area contributed by atoms with Crippen LogP contribution >= 0.6 is 11.6 Å². The molecule has 4 nitrogen and oxygen atoms in total. The quantitative estimate of drug-likeness (QED) is 0.617. The zero-order chi connectivity index (χ0) is 13.0. The minimum atomic E-state index is -0.588. The molecule has 1 aliphatic rings. The van der Waals surface area contributed by atoms with E-state index in [0.717, 1.165) is 5.56 Å². The number of benzene rings is 1. The predicted molar refractivity (Wildman–Crippen MR) is 64.9 cm³/mol. The van der Waals surface area contributed by atoms with Gasteiger partial charge in [0.05, 0.1) is 25.0 Å². The zero-order valence-corrected chi connectivity index (χ0v) is 10.4. The summed E-state index contributed by atoms with van der Waals surface area (Å²) in [6, 6.07) is 9.35. The number of rotatable bonds is 4. The Kier molecular flexibility index (Phi) is 4.33. The van der Waals surface area contributed by atoms with E-state index in [0.29, 0.717) is 0 Å². The summed E-state index contributed by atoms with van der Waals surface area (Å²) in [7, 11) is 0. The topological polar surface area (TPSA) is 52.6 Å². The molecule has 0 unspecified atom stereocenters. The largest absolute Gasteiger partial charge is 0.461 e. The van der Waals surface area contributed by atoms with Crippen molar-refractivity contribution in [3.63, 3.8) is 0 Å². The third-order valence-electron chi connectivity index (χ3n) is 2.90. The summed E-state index contributed by atoms with van der Waals surface area (Å²) in [6.45, 7) is 0.573. The van der Waals surface area contributed by atoms with Gasteiger partial charge in [-0.25, -0.2) is 0 Å². The van der Waals surface area contributed by atoms with E-state index in [9.17, 15) is 9.59 Å². The first-order chi connectivity index (χ1) is 8.68. The SMILES string of the molecule is O=C(OCc1ccccc1)[C@H]1COC[C@H]1C(=O)Cl. The smallest absolute Gasteiger partial charge is 0.312 e. The molecule has 0 radical (unpaired) electrons. The molecule has 1 aliphatic heterocycles. The summed E-state index contributed by atoms with van der Waals surface area (Å²) in [5.74, 6) is -1.61. The molecule has 0 saturated carbocycles. The first kappa shape index (κ1) is 13.1. The number of halogens is 1. The zero-order valence-electron chi connectivity index (χ0n) is 9.67. The first-order valence-corrected chi connectivity index (χ1v) is 6.04. The third kappa shape index (κ3) is 3.09. The van der Waals surface area contributed by atoms with Crippen molar-refractivity contribution in [2.45, 2.75) is 6.61 Å². The molecule has 0 spiro atoms. The average Bonchev–Trinajstić information content (AvgIpc) is 2.86. The van der Waals surface area contributed by atoms with Crippen LogP contribution in [-0.4, -0.2) is 24.4 Å². The second-order valence-corrected chi connectivity index (χ2v) is 4.52. The number of carbonyl (C=O) groups is 2. The van der Waals surface area contributed by atoms with E-state index in [4.69, 9.17) is 21.1 Å². The summed E-state index contributed by atoms with van der Waals surface area (Å²) in [4.78, 5) is 22.9. The first-order valence-electron chi connectivity index (χ1n) is 5.66. The van der Waals surface area contributed by atoms with Gasteiger partial charge in [0, 0.05) is 0 Å². The molecule has 18 heavy (non-hydrogen) atoms. The summed E-state index contributed by atoms with van der Waals surface area (Å²) >= 11 is 5.41.